The topological polar surface area (TPSA) is 42.6 Å². The number of aliphatic hydroxyl groups excluding tert-OH is 1. The summed E-state index contributed by atoms with van der Waals surface area (Å²) in [6.45, 7) is 1.99. The second-order valence-corrected chi connectivity index (χ2v) is 3.03. The Balaban J connectivity index is 2.44. The second kappa shape index (κ2) is 5.04. The summed E-state index contributed by atoms with van der Waals surface area (Å²) >= 11 is 0. The molecule has 0 saturated heterocycles. The Morgan fingerprint density at radius 3 is 2.85 bits per heavy atom. The van der Waals surface area contributed by atoms with Gasteiger partial charge in [-0.15, -0.1) is 0 Å². The molecule has 0 aliphatic rings. The highest BCUT2D eigenvalue weighted by molar-refractivity contribution is 5.00. The van der Waals surface area contributed by atoms with Crippen LogP contribution in [-0.2, 0) is 11.2 Å². The zero-order valence-electron chi connectivity index (χ0n) is 8.06. The average molecular weight is 184 g/mol. The first-order valence-electron chi connectivity index (χ1n) is 4.51. The highest BCUT2D eigenvalue weighted by Crippen LogP contribution is 2.10. The van der Waals surface area contributed by atoms with Gasteiger partial charge in [-0.25, -0.2) is 0 Å². The molecular formula is C10H16O3. The normalized spacial score (nSPS) is 15.6. The fourth-order valence-electron chi connectivity index (χ4n) is 1.36. The van der Waals surface area contributed by atoms with E-state index in [4.69, 9.17) is 9.15 Å². The van der Waals surface area contributed by atoms with Gasteiger partial charge in [0.2, 0.25) is 0 Å². The molecule has 1 rings (SSSR count). The van der Waals surface area contributed by atoms with Crippen molar-refractivity contribution in [2.45, 2.75) is 32.0 Å². The van der Waals surface area contributed by atoms with Crippen molar-refractivity contribution in [1.82, 2.24) is 0 Å². The van der Waals surface area contributed by atoms with Gasteiger partial charge in [0.25, 0.3) is 0 Å². The van der Waals surface area contributed by atoms with E-state index in [0.717, 1.165) is 12.2 Å². The van der Waals surface area contributed by atoms with Gasteiger partial charge in [-0.2, -0.15) is 0 Å². The van der Waals surface area contributed by atoms with E-state index in [1.54, 1.807) is 13.4 Å². The van der Waals surface area contributed by atoms with Gasteiger partial charge in [0, 0.05) is 13.5 Å². The lowest BCUT2D eigenvalue weighted by atomic mass is 10.1. The second-order valence-electron chi connectivity index (χ2n) is 3.03. The molecular weight excluding hydrogens is 168 g/mol. The molecule has 0 aromatic carbocycles. The van der Waals surface area contributed by atoms with Crippen molar-refractivity contribution in [2.24, 2.45) is 0 Å². The summed E-state index contributed by atoms with van der Waals surface area (Å²) in [5, 5.41) is 9.70. The number of aliphatic hydroxyl groups is 1. The molecule has 0 aliphatic carbocycles. The first-order chi connectivity index (χ1) is 6.27. The lowest BCUT2D eigenvalue weighted by molar-refractivity contribution is -0.0149. The smallest absolute Gasteiger partial charge is 0.106 e. The Kier molecular flexibility index (Phi) is 3.99. The van der Waals surface area contributed by atoms with Gasteiger partial charge in [0.1, 0.15) is 5.76 Å². The van der Waals surface area contributed by atoms with Crippen LogP contribution in [0, 0.1) is 0 Å². The Bertz CT molecular complexity index is 214. The number of methoxy groups -OCH3 is 1. The molecule has 2 unspecified atom stereocenters. The molecule has 1 N–H and O–H groups in total. The van der Waals surface area contributed by atoms with Crippen molar-refractivity contribution in [3.63, 3.8) is 0 Å². The van der Waals surface area contributed by atoms with Crippen LogP contribution in [0.5, 0.6) is 0 Å². The van der Waals surface area contributed by atoms with Crippen LogP contribution in [0.1, 0.15) is 19.1 Å². The fraction of sp³-hybridized carbons (Fsp3) is 0.600. The zero-order valence-corrected chi connectivity index (χ0v) is 8.06. The van der Waals surface area contributed by atoms with E-state index in [1.165, 1.54) is 0 Å². The Hall–Kier alpha value is -0.800. The van der Waals surface area contributed by atoms with Gasteiger partial charge >= 0.3 is 0 Å². The van der Waals surface area contributed by atoms with Crippen molar-refractivity contribution in [1.29, 1.82) is 0 Å². The SMILES string of the molecule is CCC(OC)C(O)Cc1ccco1. The Labute approximate surface area is 78.3 Å². The number of ether oxygens (including phenoxy) is 1. The van der Waals surface area contributed by atoms with Crippen LogP contribution in [-0.4, -0.2) is 24.4 Å². The van der Waals surface area contributed by atoms with Gasteiger partial charge in [-0.3, -0.25) is 0 Å². The van der Waals surface area contributed by atoms with Crippen LogP contribution in [0.4, 0.5) is 0 Å². The molecule has 74 valence electrons. The van der Waals surface area contributed by atoms with E-state index in [1.807, 2.05) is 19.1 Å². The highest BCUT2D eigenvalue weighted by atomic mass is 16.5. The summed E-state index contributed by atoms with van der Waals surface area (Å²) in [6.07, 6.45) is 2.33. The molecule has 1 aromatic rings. The highest BCUT2D eigenvalue weighted by Gasteiger charge is 2.17. The van der Waals surface area contributed by atoms with Gasteiger partial charge in [0.15, 0.2) is 0 Å². The van der Waals surface area contributed by atoms with Gasteiger partial charge in [-0.1, -0.05) is 6.92 Å². The molecule has 0 amide bonds. The summed E-state index contributed by atoms with van der Waals surface area (Å²) in [6, 6.07) is 3.67. The molecule has 3 heteroatoms. The molecule has 0 bridgehead atoms. The van der Waals surface area contributed by atoms with Gasteiger partial charge in [0.05, 0.1) is 18.5 Å². The molecule has 1 heterocycles. The summed E-state index contributed by atoms with van der Waals surface area (Å²) in [7, 11) is 1.61. The minimum Gasteiger partial charge on any atom is -0.469 e. The van der Waals surface area contributed by atoms with Crippen LogP contribution in [0.2, 0.25) is 0 Å². The summed E-state index contributed by atoms with van der Waals surface area (Å²) < 4.78 is 10.2. The van der Waals surface area contributed by atoms with E-state index in [9.17, 15) is 5.11 Å². The van der Waals surface area contributed by atoms with E-state index in [0.29, 0.717) is 6.42 Å². The molecule has 0 spiro atoms. The lowest BCUT2D eigenvalue weighted by Gasteiger charge is -2.18. The van der Waals surface area contributed by atoms with Gasteiger partial charge in [-0.05, 0) is 18.6 Å². The average Bonchev–Trinajstić information content (AvgIpc) is 2.59. The third kappa shape index (κ3) is 2.86. The monoisotopic (exact) mass is 184 g/mol. The first kappa shape index (κ1) is 10.3. The number of furan rings is 1. The van der Waals surface area contributed by atoms with Crippen molar-refractivity contribution < 1.29 is 14.3 Å². The predicted molar refractivity (Wildman–Crippen MR) is 49.5 cm³/mol. The molecule has 0 radical (unpaired) electrons. The minimum atomic E-state index is -0.485. The third-order valence-corrected chi connectivity index (χ3v) is 2.12. The Morgan fingerprint density at radius 2 is 2.38 bits per heavy atom. The van der Waals surface area contributed by atoms with Crippen LogP contribution in [0.25, 0.3) is 0 Å². The number of hydrogen-bond acceptors (Lipinski definition) is 3. The molecule has 3 nitrogen and oxygen atoms in total. The molecule has 0 aliphatic heterocycles. The summed E-state index contributed by atoms with van der Waals surface area (Å²) in [4.78, 5) is 0. The van der Waals surface area contributed by atoms with E-state index in [2.05, 4.69) is 0 Å². The van der Waals surface area contributed by atoms with Crippen molar-refractivity contribution in [2.75, 3.05) is 7.11 Å². The first-order valence-corrected chi connectivity index (χ1v) is 4.51. The van der Waals surface area contributed by atoms with Crippen LogP contribution < -0.4 is 0 Å². The standard InChI is InChI=1S/C10H16O3/c1-3-10(12-2)9(11)7-8-5-4-6-13-8/h4-6,9-11H,3,7H2,1-2H3. The van der Waals surface area contributed by atoms with E-state index < -0.39 is 6.10 Å². The van der Waals surface area contributed by atoms with Gasteiger partial charge < -0.3 is 14.3 Å². The summed E-state index contributed by atoms with van der Waals surface area (Å²) in [5.41, 5.74) is 0. The van der Waals surface area contributed by atoms with Crippen molar-refractivity contribution >= 4 is 0 Å². The van der Waals surface area contributed by atoms with Crippen molar-refractivity contribution in [3.05, 3.63) is 24.2 Å². The Morgan fingerprint density at radius 1 is 1.62 bits per heavy atom. The van der Waals surface area contributed by atoms with Crippen molar-refractivity contribution in [3.8, 4) is 0 Å². The minimum absolute atomic E-state index is 0.106. The maximum atomic E-state index is 9.70. The maximum absolute atomic E-state index is 9.70. The molecule has 2 atom stereocenters. The van der Waals surface area contributed by atoms with E-state index in [-0.39, 0.29) is 6.10 Å². The lowest BCUT2D eigenvalue weighted by Crippen LogP contribution is -2.29. The number of hydrogen-bond donors (Lipinski definition) is 1. The summed E-state index contributed by atoms with van der Waals surface area (Å²) in [5.74, 6) is 0.794. The largest absolute Gasteiger partial charge is 0.469 e. The molecule has 13 heavy (non-hydrogen) atoms. The fourth-order valence-corrected chi connectivity index (χ4v) is 1.36. The van der Waals surface area contributed by atoms with Crippen LogP contribution in [0.3, 0.4) is 0 Å². The third-order valence-electron chi connectivity index (χ3n) is 2.12. The zero-order chi connectivity index (χ0) is 9.68. The van der Waals surface area contributed by atoms with Crippen LogP contribution >= 0.6 is 0 Å². The molecule has 0 saturated carbocycles. The van der Waals surface area contributed by atoms with Crippen LogP contribution in [0.15, 0.2) is 22.8 Å². The quantitative estimate of drug-likeness (QED) is 0.756. The van der Waals surface area contributed by atoms with E-state index >= 15 is 0 Å². The molecule has 0 fully saturated rings. The molecule has 1 aromatic heterocycles. The number of rotatable bonds is 5. The maximum Gasteiger partial charge on any atom is 0.106 e. The predicted octanol–water partition coefficient (Wildman–Crippen LogP) is 1.61.